The molecule has 2 rings (SSSR count). The predicted octanol–water partition coefficient (Wildman–Crippen LogP) is 2.16. The largest absolute Gasteiger partial charge is 0.490 e. The molecular weight excluding hydrogens is 246 g/mol. The van der Waals surface area contributed by atoms with Crippen molar-refractivity contribution in [2.45, 2.75) is 25.3 Å². The minimum absolute atomic E-state index is 0.00856. The van der Waals surface area contributed by atoms with Crippen molar-refractivity contribution in [2.75, 3.05) is 25.5 Å². The molecule has 6 heteroatoms. The monoisotopic (exact) mass is 265 g/mol. The maximum absolute atomic E-state index is 11.2. The summed E-state index contributed by atoms with van der Waals surface area (Å²) in [4.78, 5) is 10.8. The average Bonchev–Trinajstić information content (AvgIpc) is 2.66. The third-order valence-corrected chi connectivity index (χ3v) is 3.31. The number of nitro groups is 1. The van der Waals surface area contributed by atoms with Gasteiger partial charge in [-0.1, -0.05) is 12.5 Å². The third-order valence-electron chi connectivity index (χ3n) is 3.31. The highest BCUT2D eigenvalue weighted by atomic mass is 16.6. The fourth-order valence-electron chi connectivity index (χ4n) is 2.35. The summed E-state index contributed by atoms with van der Waals surface area (Å²) in [5, 5.41) is 17.8. The van der Waals surface area contributed by atoms with Crippen LogP contribution in [0.25, 0.3) is 0 Å². The van der Waals surface area contributed by atoms with E-state index in [1.165, 1.54) is 7.11 Å². The van der Waals surface area contributed by atoms with Gasteiger partial charge in [-0.25, -0.2) is 0 Å². The van der Waals surface area contributed by atoms with Crippen molar-refractivity contribution in [1.82, 2.24) is 5.32 Å². The lowest BCUT2D eigenvalue weighted by Crippen LogP contribution is -2.31. The van der Waals surface area contributed by atoms with E-state index in [-0.39, 0.29) is 17.5 Å². The maximum atomic E-state index is 11.2. The summed E-state index contributed by atoms with van der Waals surface area (Å²) in [5.74, 6) is 0.289. The van der Waals surface area contributed by atoms with Crippen LogP contribution in [0.4, 0.5) is 11.4 Å². The second-order valence-corrected chi connectivity index (χ2v) is 4.65. The van der Waals surface area contributed by atoms with E-state index < -0.39 is 4.92 Å². The number of nitro benzene ring substituents is 1. The molecule has 0 spiro atoms. The van der Waals surface area contributed by atoms with Crippen molar-refractivity contribution in [3.8, 4) is 5.75 Å². The van der Waals surface area contributed by atoms with Crippen LogP contribution in [0.5, 0.6) is 5.75 Å². The molecule has 1 aliphatic rings. The molecule has 1 heterocycles. The molecule has 0 saturated carbocycles. The molecule has 2 N–H and O–H groups in total. The van der Waals surface area contributed by atoms with E-state index in [1.807, 2.05) is 0 Å². The zero-order valence-corrected chi connectivity index (χ0v) is 11.0. The first-order valence-corrected chi connectivity index (χ1v) is 6.51. The molecule has 0 aromatic heterocycles. The topological polar surface area (TPSA) is 76.4 Å². The summed E-state index contributed by atoms with van der Waals surface area (Å²) < 4.78 is 5.06. The van der Waals surface area contributed by atoms with Gasteiger partial charge in [0.2, 0.25) is 0 Å². The van der Waals surface area contributed by atoms with E-state index in [2.05, 4.69) is 10.6 Å². The van der Waals surface area contributed by atoms with E-state index in [0.29, 0.717) is 5.69 Å². The number of benzene rings is 1. The highest BCUT2D eigenvalue weighted by molar-refractivity contribution is 5.68. The van der Waals surface area contributed by atoms with Crippen LogP contribution in [0.2, 0.25) is 0 Å². The Labute approximate surface area is 112 Å². The lowest BCUT2D eigenvalue weighted by molar-refractivity contribution is -0.384. The minimum Gasteiger partial charge on any atom is -0.490 e. The molecule has 6 nitrogen and oxygen atoms in total. The normalized spacial score (nSPS) is 19.5. The molecule has 1 unspecified atom stereocenters. The lowest BCUT2D eigenvalue weighted by atomic mass is 10.1. The molecule has 0 bridgehead atoms. The molecule has 1 aromatic carbocycles. The van der Waals surface area contributed by atoms with Crippen LogP contribution in [0.15, 0.2) is 18.2 Å². The summed E-state index contributed by atoms with van der Waals surface area (Å²) in [6.45, 7) is 1.84. The Morgan fingerprint density at radius 1 is 1.47 bits per heavy atom. The maximum Gasteiger partial charge on any atom is 0.333 e. The molecule has 0 aliphatic carbocycles. The van der Waals surface area contributed by atoms with Crippen LogP contribution in [-0.4, -0.2) is 31.2 Å². The Hall–Kier alpha value is -1.82. The predicted molar refractivity (Wildman–Crippen MR) is 73.8 cm³/mol. The third kappa shape index (κ3) is 3.35. The van der Waals surface area contributed by atoms with Gasteiger partial charge in [0.1, 0.15) is 5.69 Å². The molecule has 1 aromatic rings. The smallest absolute Gasteiger partial charge is 0.333 e. The molecule has 1 aliphatic heterocycles. The first kappa shape index (κ1) is 13.6. The molecule has 1 atom stereocenters. The number of nitrogens with one attached hydrogen (secondary N) is 2. The fourth-order valence-corrected chi connectivity index (χ4v) is 2.35. The number of para-hydroxylation sites is 1. The van der Waals surface area contributed by atoms with Crippen LogP contribution in [0, 0.1) is 10.1 Å². The van der Waals surface area contributed by atoms with Gasteiger partial charge < -0.3 is 15.4 Å². The molecule has 0 amide bonds. The molecule has 0 radical (unpaired) electrons. The van der Waals surface area contributed by atoms with E-state index in [4.69, 9.17) is 4.74 Å². The number of anilines is 1. The van der Waals surface area contributed by atoms with Crippen LogP contribution in [-0.2, 0) is 0 Å². The second-order valence-electron chi connectivity index (χ2n) is 4.65. The fraction of sp³-hybridized carbons (Fsp3) is 0.538. The van der Waals surface area contributed by atoms with Crippen LogP contribution < -0.4 is 15.4 Å². The Morgan fingerprint density at radius 3 is 3.05 bits per heavy atom. The van der Waals surface area contributed by atoms with Crippen molar-refractivity contribution in [2.24, 2.45) is 0 Å². The summed E-state index contributed by atoms with van der Waals surface area (Å²) >= 11 is 0. The van der Waals surface area contributed by atoms with E-state index in [9.17, 15) is 10.1 Å². The summed E-state index contributed by atoms with van der Waals surface area (Å²) in [7, 11) is 1.44. The van der Waals surface area contributed by atoms with Gasteiger partial charge in [0.05, 0.1) is 12.0 Å². The quantitative estimate of drug-likeness (QED) is 0.644. The van der Waals surface area contributed by atoms with Crippen molar-refractivity contribution < 1.29 is 9.66 Å². The van der Waals surface area contributed by atoms with E-state index >= 15 is 0 Å². The summed E-state index contributed by atoms with van der Waals surface area (Å²) in [6, 6.07) is 5.31. The van der Waals surface area contributed by atoms with Crippen LogP contribution in [0.3, 0.4) is 0 Å². The van der Waals surface area contributed by atoms with Crippen LogP contribution >= 0.6 is 0 Å². The Morgan fingerprint density at radius 2 is 2.32 bits per heavy atom. The Bertz CT molecular complexity index is 443. The SMILES string of the molecule is COc1cccc(NC2CCCCNC2)c1[N+](=O)[O-]. The van der Waals surface area contributed by atoms with Gasteiger partial charge in [0.15, 0.2) is 5.75 Å². The highest BCUT2D eigenvalue weighted by Gasteiger charge is 2.22. The van der Waals surface area contributed by atoms with Gasteiger partial charge in [-0.3, -0.25) is 10.1 Å². The van der Waals surface area contributed by atoms with Crippen LogP contribution in [0.1, 0.15) is 19.3 Å². The summed E-state index contributed by atoms with van der Waals surface area (Å²) in [6.07, 6.45) is 3.29. The number of ether oxygens (including phenoxy) is 1. The van der Waals surface area contributed by atoms with Crippen molar-refractivity contribution in [3.63, 3.8) is 0 Å². The molecule has 104 valence electrons. The standard InChI is InChI=1S/C13H19N3O3/c1-19-12-7-4-6-11(13(12)16(17)18)15-10-5-2-3-8-14-9-10/h4,6-7,10,14-15H,2-3,5,8-9H2,1H3. The Kier molecular flexibility index (Phi) is 4.57. The van der Waals surface area contributed by atoms with E-state index in [1.54, 1.807) is 18.2 Å². The number of rotatable bonds is 4. The van der Waals surface area contributed by atoms with Gasteiger partial charge in [-0.2, -0.15) is 0 Å². The number of hydrogen-bond acceptors (Lipinski definition) is 5. The van der Waals surface area contributed by atoms with Crippen molar-refractivity contribution in [3.05, 3.63) is 28.3 Å². The molecule has 1 fully saturated rings. The first-order chi connectivity index (χ1) is 9.22. The van der Waals surface area contributed by atoms with Gasteiger partial charge >= 0.3 is 5.69 Å². The van der Waals surface area contributed by atoms with Gasteiger partial charge in [0, 0.05) is 12.6 Å². The van der Waals surface area contributed by atoms with Gasteiger partial charge in [-0.05, 0) is 31.5 Å². The van der Waals surface area contributed by atoms with Gasteiger partial charge in [-0.15, -0.1) is 0 Å². The minimum atomic E-state index is -0.398. The number of hydrogen-bond donors (Lipinski definition) is 2. The summed E-state index contributed by atoms with van der Waals surface area (Å²) in [5.41, 5.74) is 0.535. The number of nitrogens with zero attached hydrogens (tertiary/aromatic N) is 1. The molecular formula is C13H19N3O3. The lowest BCUT2D eigenvalue weighted by Gasteiger charge is -2.18. The Balaban J connectivity index is 2.21. The molecule has 1 saturated heterocycles. The first-order valence-electron chi connectivity index (χ1n) is 6.51. The van der Waals surface area contributed by atoms with Gasteiger partial charge in [0.25, 0.3) is 0 Å². The van der Waals surface area contributed by atoms with Crippen molar-refractivity contribution in [1.29, 1.82) is 0 Å². The van der Waals surface area contributed by atoms with Crippen molar-refractivity contribution >= 4 is 11.4 Å². The average molecular weight is 265 g/mol. The highest BCUT2D eigenvalue weighted by Crippen LogP contribution is 2.35. The number of methoxy groups -OCH3 is 1. The zero-order chi connectivity index (χ0) is 13.7. The second kappa shape index (κ2) is 6.38. The molecule has 19 heavy (non-hydrogen) atoms. The van der Waals surface area contributed by atoms with E-state index in [0.717, 1.165) is 32.4 Å². The zero-order valence-electron chi connectivity index (χ0n) is 11.0.